The molecule has 1 aromatic rings. The van der Waals surface area contributed by atoms with E-state index in [9.17, 15) is 5.11 Å². The fraction of sp³-hybridized carbons (Fsp3) is 0.647. The lowest BCUT2D eigenvalue weighted by Gasteiger charge is -2.34. The predicted octanol–water partition coefficient (Wildman–Crippen LogP) is 4.54. The topological polar surface area (TPSA) is 20.2 Å². The van der Waals surface area contributed by atoms with Gasteiger partial charge in [0.1, 0.15) is 0 Å². The van der Waals surface area contributed by atoms with Crippen LogP contribution in [0.1, 0.15) is 44.9 Å². The summed E-state index contributed by atoms with van der Waals surface area (Å²) in [7, 11) is 0. The van der Waals surface area contributed by atoms with Gasteiger partial charge in [-0.25, -0.2) is 0 Å². The van der Waals surface area contributed by atoms with Gasteiger partial charge in [-0.15, -0.1) is 0 Å². The Kier molecular flexibility index (Phi) is 5.88. The van der Waals surface area contributed by atoms with Crippen LogP contribution in [0.15, 0.2) is 24.3 Å². The highest BCUT2D eigenvalue weighted by Gasteiger charge is 2.31. The molecule has 0 aliphatic carbocycles. The fourth-order valence-corrected chi connectivity index (χ4v) is 5.57. The summed E-state index contributed by atoms with van der Waals surface area (Å²) < 4.78 is 0. The van der Waals surface area contributed by atoms with Gasteiger partial charge in [0.05, 0.1) is 6.10 Å². The summed E-state index contributed by atoms with van der Waals surface area (Å²) in [5.41, 5.74) is 2.43. The minimum absolute atomic E-state index is 0.320. The first kappa shape index (κ1) is 16.3. The zero-order valence-electron chi connectivity index (χ0n) is 12.9. The molecule has 0 amide bonds. The third-order valence-corrected chi connectivity index (χ3v) is 7.34. The quantitative estimate of drug-likeness (QED) is 0.881. The van der Waals surface area contributed by atoms with Gasteiger partial charge in [0.25, 0.3) is 0 Å². The van der Waals surface area contributed by atoms with Crippen LogP contribution in [-0.2, 0) is 6.42 Å². The Morgan fingerprint density at radius 1 is 1.25 bits per heavy atom. The van der Waals surface area contributed by atoms with Crippen LogP contribution in [0.4, 0.5) is 0 Å². The number of aliphatic hydroxyl groups excluding tert-OH is 1. The molecule has 0 spiro atoms. The summed E-state index contributed by atoms with van der Waals surface area (Å²) >= 11 is 3.94. The van der Waals surface area contributed by atoms with Crippen LogP contribution in [0.5, 0.6) is 0 Å². The molecule has 0 radical (unpaired) electrons. The van der Waals surface area contributed by atoms with Crippen molar-refractivity contribution in [1.29, 1.82) is 0 Å². The van der Waals surface area contributed by atoms with Crippen molar-refractivity contribution < 1.29 is 5.11 Å². The van der Waals surface area contributed by atoms with Crippen molar-refractivity contribution >= 4 is 23.5 Å². The second-order valence-corrected chi connectivity index (χ2v) is 9.24. The van der Waals surface area contributed by atoms with Gasteiger partial charge < -0.3 is 5.11 Å². The number of hydrogen-bond donors (Lipinski definition) is 1. The van der Waals surface area contributed by atoms with Crippen LogP contribution >= 0.6 is 23.5 Å². The normalized spacial score (nSPS) is 28.6. The Bertz CT molecular complexity index is 433. The Balaban J connectivity index is 2.07. The number of rotatable bonds is 4. The van der Waals surface area contributed by atoms with Crippen LogP contribution in [0.25, 0.3) is 0 Å². The molecule has 1 aromatic carbocycles. The monoisotopic (exact) mass is 310 g/mol. The molecule has 1 heterocycles. The van der Waals surface area contributed by atoms with Crippen molar-refractivity contribution in [1.82, 2.24) is 0 Å². The summed E-state index contributed by atoms with van der Waals surface area (Å²) in [6.45, 7) is 9.03. The minimum atomic E-state index is -0.338. The molecule has 4 unspecified atom stereocenters. The van der Waals surface area contributed by atoms with E-state index in [1.807, 2.05) is 23.5 Å². The molecule has 4 atom stereocenters. The number of hydrogen-bond acceptors (Lipinski definition) is 3. The molecule has 112 valence electrons. The maximum absolute atomic E-state index is 10.7. The highest BCUT2D eigenvalue weighted by Crippen LogP contribution is 2.41. The van der Waals surface area contributed by atoms with Crippen molar-refractivity contribution in [3.63, 3.8) is 0 Å². The van der Waals surface area contributed by atoms with Gasteiger partial charge in [0.2, 0.25) is 0 Å². The number of aliphatic hydroxyl groups is 1. The smallest absolute Gasteiger partial charge is 0.0916 e. The third kappa shape index (κ3) is 4.19. The molecule has 0 saturated carbocycles. The highest BCUT2D eigenvalue weighted by atomic mass is 32.2. The molecule has 1 saturated heterocycles. The van der Waals surface area contributed by atoms with Gasteiger partial charge in [0.15, 0.2) is 0 Å². The second-order valence-electron chi connectivity index (χ2n) is 6.21. The van der Waals surface area contributed by atoms with Crippen molar-refractivity contribution in [3.05, 3.63) is 35.4 Å². The second kappa shape index (κ2) is 7.24. The molecular formula is C17H26OS2. The molecule has 20 heavy (non-hydrogen) atoms. The summed E-state index contributed by atoms with van der Waals surface area (Å²) in [5, 5.41) is 12.3. The summed E-state index contributed by atoms with van der Waals surface area (Å²) in [4.78, 5) is 0. The van der Waals surface area contributed by atoms with Gasteiger partial charge in [0, 0.05) is 21.5 Å². The lowest BCUT2D eigenvalue weighted by molar-refractivity contribution is 0.180. The first-order valence-corrected chi connectivity index (χ1v) is 9.50. The average Bonchev–Trinajstić information content (AvgIpc) is 2.40. The van der Waals surface area contributed by atoms with E-state index in [-0.39, 0.29) is 6.10 Å². The highest BCUT2D eigenvalue weighted by molar-refractivity contribution is 8.07. The summed E-state index contributed by atoms with van der Waals surface area (Å²) in [6, 6.07) is 8.52. The molecule has 0 aromatic heterocycles. The van der Waals surface area contributed by atoms with Gasteiger partial charge in [-0.1, -0.05) is 52.0 Å². The first-order valence-electron chi connectivity index (χ1n) is 7.51. The molecule has 1 aliphatic rings. The van der Waals surface area contributed by atoms with Gasteiger partial charge in [-0.2, -0.15) is 23.5 Å². The standard InChI is InChI=1S/C17H26OS2/c1-11(2)8-14-6-5-7-15(9-14)17(18)16-10-19-12(3)13(4)20-16/h5-7,9,11-13,16-18H,8,10H2,1-4H3. The molecule has 0 bridgehead atoms. The fourth-order valence-electron chi connectivity index (χ4n) is 2.56. The molecule has 1 aliphatic heterocycles. The van der Waals surface area contributed by atoms with Crippen LogP contribution in [0.2, 0.25) is 0 Å². The van der Waals surface area contributed by atoms with Crippen LogP contribution in [-0.4, -0.2) is 26.6 Å². The number of thioether (sulfide) groups is 2. The lowest BCUT2D eigenvalue weighted by Crippen LogP contribution is -2.30. The van der Waals surface area contributed by atoms with Crippen LogP contribution in [0.3, 0.4) is 0 Å². The van der Waals surface area contributed by atoms with E-state index >= 15 is 0 Å². The molecular weight excluding hydrogens is 284 g/mol. The van der Waals surface area contributed by atoms with Crippen molar-refractivity contribution in [2.75, 3.05) is 5.75 Å². The zero-order valence-corrected chi connectivity index (χ0v) is 14.5. The minimum Gasteiger partial charge on any atom is -0.387 e. The first-order chi connectivity index (χ1) is 9.47. The predicted molar refractivity (Wildman–Crippen MR) is 92.7 cm³/mol. The van der Waals surface area contributed by atoms with E-state index in [2.05, 4.69) is 52.0 Å². The Morgan fingerprint density at radius 2 is 2.00 bits per heavy atom. The third-order valence-electron chi connectivity index (χ3n) is 3.86. The van der Waals surface area contributed by atoms with E-state index in [4.69, 9.17) is 0 Å². The molecule has 1 fully saturated rings. The largest absolute Gasteiger partial charge is 0.387 e. The van der Waals surface area contributed by atoms with E-state index in [1.165, 1.54) is 5.56 Å². The maximum atomic E-state index is 10.7. The van der Waals surface area contributed by atoms with E-state index < -0.39 is 0 Å². The Labute approximate surface area is 131 Å². The lowest BCUT2D eigenvalue weighted by atomic mass is 9.98. The van der Waals surface area contributed by atoms with E-state index in [0.717, 1.165) is 17.7 Å². The van der Waals surface area contributed by atoms with Gasteiger partial charge in [-0.3, -0.25) is 0 Å². The SMILES string of the molecule is CC(C)Cc1cccc(C(O)C2CSC(C)C(C)S2)c1. The Morgan fingerprint density at radius 3 is 2.65 bits per heavy atom. The summed E-state index contributed by atoms with van der Waals surface area (Å²) in [5.74, 6) is 1.70. The van der Waals surface area contributed by atoms with Gasteiger partial charge >= 0.3 is 0 Å². The molecule has 2 rings (SSSR count). The molecule has 3 heteroatoms. The maximum Gasteiger partial charge on any atom is 0.0916 e. The average molecular weight is 311 g/mol. The molecule has 1 N–H and O–H groups in total. The zero-order chi connectivity index (χ0) is 14.7. The Hall–Kier alpha value is -0.120. The van der Waals surface area contributed by atoms with Crippen molar-refractivity contribution in [2.45, 2.75) is 56.0 Å². The van der Waals surface area contributed by atoms with Crippen LogP contribution < -0.4 is 0 Å². The van der Waals surface area contributed by atoms with Crippen molar-refractivity contribution in [3.8, 4) is 0 Å². The van der Waals surface area contributed by atoms with E-state index in [1.54, 1.807) is 0 Å². The van der Waals surface area contributed by atoms with Crippen molar-refractivity contribution in [2.24, 2.45) is 5.92 Å². The van der Waals surface area contributed by atoms with Crippen LogP contribution in [0, 0.1) is 5.92 Å². The van der Waals surface area contributed by atoms with Gasteiger partial charge in [-0.05, 0) is 23.5 Å². The summed E-state index contributed by atoms with van der Waals surface area (Å²) in [6.07, 6.45) is 0.746. The van der Waals surface area contributed by atoms with E-state index in [0.29, 0.717) is 21.7 Å². The number of benzene rings is 1. The molecule has 1 nitrogen and oxygen atoms in total.